The average Bonchev–Trinajstić information content (AvgIpc) is 3.17. The van der Waals surface area contributed by atoms with Crippen molar-refractivity contribution in [1.29, 1.82) is 0 Å². The van der Waals surface area contributed by atoms with Gasteiger partial charge in [0.1, 0.15) is 0 Å². The highest BCUT2D eigenvalue weighted by Crippen LogP contribution is 2.26. The molecule has 2 N–H and O–H groups in total. The van der Waals surface area contributed by atoms with E-state index in [9.17, 15) is 9.59 Å². The van der Waals surface area contributed by atoms with Crippen LogP contribution in [-0.4, -0.2) is 22.0 Å². The van der Waals surface area contributed by atoms with Crippen molar-refractivity contribution in [2.24, 2.45) is 0 Å². The summed E-state index contributed by atoms with van der Waals surface area (Å²) in [5.74, 6) is 0.910. The van der Waals surface area contributed by atoms with E-state index in [1.807, 2.05) is 24.3 Å². The molecule has 0 bridgehead atoms. The summed E-state index contributed by atoms with van der Waals surface area (Å²) in [6.07, 6.45) is 0.479. The summed E-state index contributed by atoms with van der Waals surface area (Å²) < 4.78 is 6.08. The van der Waals surface area contributed by atoms with E-state index in [2.05, 4.69) is 50.6 Å². The number of hydrogen-bond acceptors (Lipinski definition) is 5. The summed E-state index contributed by atoms with van der Waals surface area (Å²) in [5.41, 5.74) is 3.16. The Labute approximate surface area is 183 Å². The lowest BCUT2D eigenvalue weighted by Gasteiger charge is -2.11. The van der Waals surface area contributed by atoms with E-state index >= 15 is 0 Å². The number of amides is 2. The minimum atomic E-state index is -0.222. The molecule has 0 saturated heterocycles. The Hall–Kier alpha value is -3.00. The third-order valence-corrected chi connectivity index (χ3v) is 4.93. The van der Waals surface area contributed by atoms with Crippen LogP contribution in [0.3, 0.4) is 0 Å². The maximum absolute atomic E-state index is 12.4. The first kappa shape index (κ1) is 21.7. The molecule has 0 aliphatic heterocycles. The van der Waals surface area contributed by atoms with Crippen molar-refractivity contribution in [3.05, 3.63) is 58.4 Å². The maximum atomic E-state index is 12.4. The number of benzene rings is 2. The Balaban J connectivity index is 1.61. The molecule has 7 nitrogen and oxygen atoms in total. The van der Waals surface area contributed by atoms with Crippen LogP contribution in [0.25, 0.3) is 11.4 Å². The highest BCUT2D eigenvalue weighted by atomic mass is 79.9. The summed E-state index contributed by atoms with van der Waals surface area (Å²) in [6.45, 7) is 5.69. The van der Waals surface area contributed by atoms with E-state index in [4.69, 9.17) is 4.52 Å². The highest BCUT2D eigenvalue weighted by molar-refractivity contribution is 9.10. The zero-order valence-corrected chi connectivity index (χ0v) is 18.6. The predicted molar refractivity (Wildman–Crippen MR) is 119 cm³/mol. The molecule has 0 unspecified atom stereocenters. The highest BCUT2D eigenvalue weighted by Gasteiger charge is 2.13. The van der Waals surface area contributed by atoms with Gasteiger partial charge in [0.15, 0.2) is 0 Å². The second-order valence-corrected chi connectivity index (χ2v) is 8.12. The van der Waals surface area contributed by atoms with Gasteiger partial charge in [-0.15, -0.1) is 0 Å². The lowest BCUT2D eigenvalue weighted by molar-refractivity contribution is -0.116. The summed E-state index contributed by atoms with van der Waals surface area (Å²) >= 11 is 3.37. The van der Waals surface area contributed by atoms with E-state index in [1.54, 1.807) is 18.2 Å². The fourth-order valence-corrected chi connectivity index (χ4v) is 3.20. The molecule has 8 heteroatoms. The van der Waals surface area contributed by atoms with Gasteiger partial charge in [-0.25, -0.2) is 0 Å². The van der Waals surface area contributed by atoms with Gasteiger partial charge < -0.3 is 15.2 Å². The molecule has 1 aromatic heterocycles. The number of hydrogen-bond donors (Lipinski definition) is 2. The minimum Gasteiger partial charge on any atom is -0.339 e. The lowest BCUT2D eigenvalue weighted by Crippen LogP contribution is -2.15. The van der Waals surface area contributed by atoms with Crippen LogP contribution in [0.1, 0.15) is 44.6 Å². The van der Waals surface area contributed by atoms with Crippen LogP contribution in [0, 0.1) is 0 Å². The van der Waals surface area contributed by atoms with E-state index in [1.165, 1.54) is 12.5 Å². The summed E-state index contributed by atoms with van der Waals surface area (Å²) in [5, 5.41) is 9.52. The van der Waals surface area contributed by atoms with Crippen LogP contribution < -0.4 is 10.6 Å². The molecule has 0 fully saturated rings. The van der Waals surface area contributed by atoms with Crippen LogP contribution in [0.5, 0.6) is 0 Å². The Bertz CT molecular complexity index is 1040. The largest absolute Gasteiger partial charge is 0.339 e. The molecule has 30 heavy (non-hydrogen) atoms. The number of nitrogens with one attached hydrogen (secondary N) is 2. The number of halogens is 1. The number of anilines is 2. The van der Waals surface area contributed by atoms with Crippen molar-refractivity contribution in [2.75, 3.05) is 10.6 Å². The second kappa shape index (κ2) is 9.67. The molecular formula is C22H23BrN4O3. The van der Waals surface area contributed by atoms with Crippen LogP contribution in [0.4, 0.5) is 11.4 Å². The summed E-state index contributed by atoms with van der Waals surface area (Å²) in [7, 11) is 0. The Morgan fingerprint density at radius 1 is 1.07 bits per heavy atom. The molecule has 156 valence electrons. The van der Waals surface area contributed by atoms with E-state index in [-0.39, 0.29) is 18.2 Å². The van der Waals surface area contributed by atoms with Gasteiger partial charge in [-0.05, 0) is 29.7 Å². The van der Waals surface area contributed by atoms with Crippen LogP contribution in [-0.2, 0) is 16.0 Å². The zero-order chi connectivity index (χ0) is 21.7. The number of aromatic nitrogens is 2. The van der Waals surface area contributed by atoms with E-state index < -0.39 is 0 Å². The van der Waals surface area contributed by atoms with Crippen molar-refractivity contribution < 1.29 is 14.1 Å². The maximum Gasteiger partial charge on any atom is 0.227 e. The smallest absolute Gasteiger partial charge is 0.227 e. The molecule has 0 aliphatic carbocycles. The number of nitrogens with zero attached hydrogens (tertiary/aromatic N) is 2. The van der Waals surface area contributed by atoms with Gasteiger partial charge in [0.2, 0.25) is 23.5 Å². The predicted octanol–water partition coefficient (Wildman–Crippen LogP) is 5.15. The third kappa shape index (κ3) is 5.76. The second-order valence-electron chi connectivity index (χ2n) is 7.21. The number of carbonyl (C=O) groups is 2. The number of aryl methyl sites for hydroxylation is 1. The van der Waals surface area contributed by atoms with Gasteiger partial charge in [-0.3, -0.25) is 9.59 Å². The van der Waals surface area contributed by atoms with Crippen molar-refractivity contribution in [2.45, 2.75) is 39.5 Å². The van der Waals surface area contributed by atoms with Gasteiger partial charge in [-0.2, -0.15) is 4.98 Å². The third-order valence-electron chi connectivity index (χ3n) is 4.44. The normalized spacial score (nSPS) is 10.8. The Morgan fingerprint density at radius 2 is 1.80 bits per heavy atom. The van der Waals surface area contributed by atoms with Gasteiger partial charge >= 0.3 is 0 Å². The molecule has 0 spiro atoms. The monoisotopic (exact) mass is 470 g/mol. The molecule has 0 radical (unpaired) electrons. The zero-order valence-electron chi connectivity index (χ0n) is 17.0. The van der Waals surface area contributed by atoms with Gasteiger partial charge in [0.25, 0.3) is 0 Å². The topological polar surface area (TPSA) is 97.1 Å². The minimum absolute atomic E-state index is 0.167. The fraction of sp³-hybridized carbons (Fsp3) is 0.273. The molecule has 3 aromatic rings. The molecule has 2 amide bonds. The lowest BCUT2D eigenvalue weighted by atomic mass is 10.0. The molecule has 2 aromatic carbocycles. The quantitative estimate of drug-likeness (QED) is 0.497. The van der Waals surface area contributed by atoms with Crippen LogP contribution in [0.2, 0.25) is 0 Å². The first-order chi connectivity index (χ1) is 14.3. The molecule has 3 rings (SSSR count). The molecular weight excluding hydrogens is 448 g/mol. The average molecular weight is 471 g/mol. The Morgan fingerprint density at radius 3 is 2.47 bits per heavy atom. The van der Waals surface area contributed by atoms with E-state index in [0.717, 1.165) is 10.0 Å². The van der Waals surface area contributed by atoms with E-state index in [0.29, 0.717) is 35.4 Å². The van der Waals surface area contributed by atoms with Gasteiger partial charge in [0, 0.05) is 29.8 Å². The van der Waals surface area contributed by atoms with Crippen LogP contribution >= 0.6 is 15.9 Å². The molecule has 1 heterocycles. The Kier molecular flexibility index (Phi) is 6.99. The van der Waals surface area contributed by atoms with Crippen molar-refractivity contribution >= 4 is 39.1 Å². The van der Waals surface area contributed by atoms with Gasteiger partial charge in [0.05, 0.1) is 11.4 Å². The summed E-state index contributed by atoms with van der Waals surface area (Å²) in [6, 6.07) is 13.3. The fourth-order valence-electron chi connectivity index (χ4n) is 2.84. The SMILES string of the molecule is CC(=O)Nc1ccc(Br)cc1NC(=O)CCc1nc(-c2ccc(C(C)C)cc2)no1. The van der Waals surface area contributed by atoms with Crippen molar-refractivity contribution in [1.82, 2.24) is 10.1 Å². The number of carbonyl (C=O) groups excluding carboxylic acids is 2. The van der Waals surface area contributed by atoms with Crippen molar-refractivity contribution in [3.8, 4) is 11.4 Å². The first-order valence-electron chi connectivity index (χ1n) is 9.61. The molecule has 0 saturated carbocycles. The summed E-state index contributed by atoms with van der Waals surface area (Å²) in [4.78, 5) is 28.1. The molecule has 0 atom stereocenters. The molecule has 0 aliphatic rings. The van der Waals surface area contributed by atoms with Crippen LogP contribution in [0.15, 0.2) is 51.5 Å². The standard InChI is InChI=1S/C22H23BrN4O3/c1-13(2)15-4-6-16(7-5-15)22-26-21(30-27-22)11-10-20(29)25-19-12-17(23)8-9-18(19)24-14(3)28/h4-9,12-13H,10-11H2,1-3H3,(H,24,28)(H,25,29). The first-order valence-corrected chi connectivity index (χ1v) is 10.4. The van der Waals surface area contributed by atoms with Gasteiger partial charge in [-0.1, -0.05) is 59.2 Å². The van der Waals surface area contributed by atoms with Crippen molar-refractivity contribution in [3.63, 3.8) is 0 Å². The number of rotatable bonds is 7.